The fourth-order valence-electron chi connectivity index (χ4n) is 5.67. The zero-order chi connectivity index (χ0) is 34.0. The molecule has 0 spiro atoms. The third-order valence-electron chi connectivity index (χ3n) is 8.44. The Kier molecular flexibility index (Phi) is 9.89. The van der Waals surface area contributed by atoms with Crippen LogP contribution >= 0.6 is 0 Å². The number of amides is 1. The lowest BCUT2D eigenvalue weighted by atomic mass is 10.1. The van der Waals surface area contributed by atoms with Crippen LogP contribution in [0, 0.1) is 12.8 Å². The second-order valence-electron chi connectivity index (χ2n) is 12.1. The molecule has 250 valence electrons. The van der Waals surface area contributed by atoms with Crippen molar-refractivity contribution >= 4 is 28.7 Å². The standard InChI is InChI=1S/C33H39F2N7O5/c1-19(2)29(36)31(45)46-18-28(43)41-11-10-40(16-21(41)4)33-37-14-24(15-38-33)22-7-8-25-26(13-22)42(39(5)30(25)44)17-23-12-20(3)6-9-27(23)47-32(34)35/h6-9,12-15,19,21,29,32H,10-11,16-18,36H2,1-5H3. The number of aromatic nitrogens is 4. The molecule has 12 nitrogen and oxygen atoms in total. The largest absolute Gasteiger partial charge is 0.454 e. The number of anilines is 1. The van der Waals surface area contributed by atoms with E-state index in [1.807, 2.05) is 44.7 Å². The van der Waals surface area contributed by atoms with Crippen molar-refractivity contribution in [3.05, 3.63) is 70.3 Å². The van der Waals surface area contributed by atoms with E-state index >= 15 is 0 Å². The van der Waals surface area contributed by atoms with Gasteiger partial charge in [0.05, 0.1) is 17.4 Å². The summed E-state index contributed by atoms with van der Waals surface area (Å²) in [5, 5.41) is 0.483. The minimum absolute atomic E-state index is 0.0503. The monoisotopic (exact) mass is 651 g/mol. The molecule has 1 fully saturated rings. The molecule has 0 aliphatic carbocycles. The highest BCUT2D eigenvalue weighted by Gasteiger charge is 2.30. The van der Waals surface area contributed by atoms with Crippen LogP contribution < -0.4 is 20.9 Å². The van der Waals surface area contributed by atoms with Gasteiger partial charge in [0.1, 0.15) is 11.8 Å². The summed E-state index contributed by atoms with van der Waals surface area (Å²) in [5.74, 6) is -0.416. The molecule has 5 rings (SSSR count). The molecule has 1 aliphatic heterocycles. The zero-order valence-corrected chi connectivity index (χ0v) is 27.0. The summed E-state index contributed by atoms with van der Waals surface area (Å²) in [7, 11) is 1.63. The highest BCUT2D eigenvalue weighted by atomic mass is 19.3. The average molecular weight is 652 g/mol. The van der Waals surface area contributed by atoms with Gasteiger partial charge >= 0.3 is 12.6 Å². The van der Waals surface area contributed by atoms with Crippen LogP contribution in [-0.4, -0.2) is 81.0 Å². The van der Waals surface area contributed by atoms with Crippen molar-refractivity contribution in [1.29, 1.82) is 0 Å². The second-order valence-corrected chi connectivity index (χ2v) is 12.1. The number of benzene rings is 2. The Bertz CT molecular complexity index is 1820. The number of esters is 1. The fraction of sp³-hybridized carbons (Fsp3) is 0.424. The van der Waals surface area contributed by atoms with Gasteiger partial charge in [-0.1, -0.05) is 37.6 Å². The number of ether oxygens (including phenoxy) is 2. The third kappa shape index (κ3) is 7.27. The maximum Gasteiger partial charge on any atom is 0.387 e. The van der Waals surface area contributed by atoms with Gasteiger partial charge in [-0.15, -0.1) is 0 Å². The number of carbonyl (C=O) groups excluding carboxylic acids is 2. The number of hydrogen-bond acceptors (Lipinski definition) is 9. The number of rotatable bonds is 10. The highest BCUT2D eigenvalue weighted by molar-refractivity contribution is 5.85. The quantitative estimate of drug-likeness (QED) is 0.256. The van der Waals surface area contributed by atoms with Gasteiger partial charge in [-0.2, -0.15) is 8.78 Å². The van der Waals surface area contributed by atoms with Crippen molar-refractivity contribution in [2.45, 2.75) is 52.9 Å². The number of aryl methyl sites for hydroxylation is 1. The molecule has 2 unspecified atom stereocenters. The molecule has 0 saturated carbocycles. The summed E-state index contributed by atoms with van der Waals surface area (Å²) in [6.45, 7) is 5.58. The molecule has 2 aromatic carbocycles. The summed E-state index contributed by atoms with van der Waals surface area (Å²) in [5.41, 5.74) is 9.10. The maximum absolute atomic E-state index is 13.1. The highest BCUT2D eigenvalue weighted by Crippen LogP contribution is 2.27. The fourth-order valence-corrected chi connectivity index (χ4v) is 5.67. The first-order chi connectivity index (χ1) is 22.3. The van der Waals surface area contributed by atoms with Crippen LogP contribution in [0.5, 0.6) is 5.75 Å². The first kappa shape index (κ1) is 33.5. The number of piperazine rings is 1. The summed E-state index contributed by atoms with van der Waals surface area (Å²) in [6.07, 6.45) is 3.40. The number of nitrogens with two attached hydrogens (primary N) is 1. The summed E-state index contributed by atoms with van der Waals surface area (Å²) in [6, 6.07) is 9.41. The minimum Gasteiger partial charge on any atom is -0.454 e. The normalized spacial score (nSPS) is 15.8. The van der Waals surface area contributed by atoms with Crippen LogP contribution in [0.2, 0.25) is 0 Å². The van der Waals surface area contributed by atoms with Gasteiger partial charge in [-0.25, -0.2) is 9.97 Å². The molecule has 1 amide bonds. The number of hydrogen-bond donors (Lipinski definition) is 1. The van der Waals surface area contributed by atoms with E-state index in [0.29, 0.717) is 42.0 Å². The van der Waals surface area contributed by atoms with Gasteiger partial charge in [0.2, 0.25) is 5.95 Å². The first-order valence-corrected chi connectivity index (χ1v) is 15.4. The SMILES string of the molecule is Cc1ccc(OC(F)F)c(Cn2c3cc(-c4cnc(N5CCN(C(=O)COC(=O)C(N)C(C)C)C(C)C5)nc4)ccc3c(=O)n2C)c1. The lowest BCUT2D eigenvalue weighted by molar-refractivity contribution is -0.154. The molecule has 1 saturated heterocycles. The summed E-state index contributed by atoms with van der Waals surface area (Å²) >= 11 is 0. The zero-order valence-electron chi connectivity index (χ0n) is 27.0. The number of nitrogens with zero attached hydrogens (tertiary/aromatic N) is 6. The first-order valence-electron chi connectivity index (χ1n) is 15.4. The van der Waals surface area contributed by atoms with Crippen molar-refractivity contribution in [3.63, 3.8) is 0 Å². The Morgan fingerprint density at radius 3 is 2.45 bits per heavy atom. The van der Waals surface area contributed by atoms with Gasteiger partial charge in [0.15, 0.2) is 6.61 Å². The van der Waals surface area contributed by atoms with Crippen LogP contribution in [0.15, 0.2) is 53.6 Å². The molecule has 2 N–H and O–H groups in total. The van der Waals surface area contributed by atoms with Crippen molar-refractivity contribution in [2.75, 3.05) is 31.1 Å². The molecule has 1 aliphatic rings. The van der Waals surface area contributed by atoms with Crippen LogP contribution in [0.4, 0.5) is 14.7 Å². The van der Waals surface area contributed by atoms with E-state index in [4.69, 9.17) is 15.2 Å². The van der Waals surface area contributed by atoms with E-state index in [-0.39, 0.29) is 42.3 Å². The van der Waals surface area contributed by atoms with Gasteiger partial charge in [0, 0.05) is 56.2 Å². The Morgan fingerprint density at radius 1 is 1.06 bits per heavy atom. The molecule has 2 atom stereocenters. The van der Waals surface area contributed by atoms with Crippen molar-refractivity contribution in [2.24, 2.45) is 18.7 Å². The van der Waals surface area contributed by atoms with Gasteiger partial charge < -0.3 is 25.0 Å². The minimum atomic E-state index is -2.98. The van der Waals surface area contributed by atoms with Crippen LogP contribution in [0.3, 0.4) is 0 Å². The van der Waals surface area contributed by atoms with Crippen LogP contribution in [0.1, 0.15) is 31.9 Å². The predicted molar refractivity (Wildman–Crippen MR) is 172 cm³/mol. The van der Waals surface area contributed by atoms with E-state index in [0.717, 1.165) is 16.7 Å². The number of alkyl halides is 2. The number of carbonyl (C=O) groups is 2. The second kappa shape index (κ2) is 13.9. The Morgan fingerprint density at radius 2 is 1.79 bits per heavy atom. The summed E-state index contributed by atoms with van der Waals surface area (Å²) in [4.78, 5) is 50.7. The van der Waals surface area contributed by atoms with Crippen molar-refractivity contribution in [1.82, 2.24) is 24.2 Å². The Balaban J connectivity index is 1.30. The Hall–Kier alpha value is -4.85. The molecule has 0 radical (unpaired) electrons. The molecule has 4 aromatic rings. The Labute approximate surface area is 270 Å². The molecular formula is C33H39F2N7O5. The molecular weight excluding hydrogens is 612 g/mol. The van der Waals surface area contributed by atoms with Crippen molar-refractivity contribution in [3.8, 4) is 16.9 Å². The van der Waals surface area contributed by atoms with E-state index in [9.17, 15) is 23.2 Å². The molecule has 0 bridgehead atoms. The maximum atomic E-state index is 13.1. The lowest BCUT2D eigenvalue weighted by Gasteiger charge is -2.39. The van der Waals surface area contributed by atoms with E-state index in [1.54, 1.807) is 47.2 Å². The molecule has 14 heteroatoms. The van der Waals surface area contributed by atoms with E-state index in [1.165, 1.54) is 10.7 Å². The number of fused-ring (bicyclic) bond motifs is 1. The van der Waals surface area contributed by atoms with Gasteiger partial charge in [-0.05, 0) is 43.5 Å². The van der Waals surface area contributed by atoms with E-state index in [2.05, 4.69) is 9.97 Å². The lowest BCUT2D eigenvalue weighted by Crippen LogP contribution is -2.55. The number of halogens is 2. The molecule has 2 aromatic heterocycles. The molecule has 3 heterocycles. The average Bonchev–Trinajstić information content (AvgIpc) is 3.28. The van der Waals surface area contributed by atoms with Gasteiger partial charge in [-0.3, -0.25) is 23.7 Å². The molecule has 47 heavy (non-hydrogen) atoms. The van der Waals surface area contributed by atoms with Gasteiger partial charge in [0.25, 0.3) is 11.5 Å². The third-order valence-corrected chi connectivity index (χ3v) is 8.44. The van der Waals surface area contributed by atoms with E-state index < -0.39 is 18.6 Å². The topological polar surface area (TPSA) is 138 Å². The van der Waals surface area contributed by atoms with Crippen LogP contribution in [-0.2, 0) is 27.9 Å². The summed E-state index contributed by atoms with van der Waals surface area (Å²) < 4.78 is 39.3. The smallest absolute Gasteiger partial charge is 0.387 e. The predicted octanol–water partition coefficient (Wildman–Crippen LogP) is 3.32. The van der Waals surface area contributed by atoms with Crippen molar-refractivity contribution < 1.29 is 27.8 Å². The van der Waals surface area contributed by atoms with Crippen LogP contribution in [0.25, 0.3) is 22.0 Å².